The molecule has 0 unspecified atom stereocenters. The molecule has 1 aromatic carbocycles. The molecule has 0 bridgehead atoms. The molecule has 0 spiro atoms. The number of amides is 3. The largest absolute Gasteiger partial charge is 0.452 e. The monoisotopic (exact) mass is 361 g/mol. The molecule has 2 N–H and O–H groups in total. The minimum Gasteiger partial charge on any atom is -0.452 e. The van der Waals surface area contributed by atoms with Gasteiger partial charge in [-0.2, -0.15) is 0 Å². The van der Waals surface area contributed by atoms with Crippen molar-refractivity contribution in [2.24, 2.45) is 0 Å². The van der Waals surface area contributed by atoms with E-state index in [0.29, 0.717) is 25.2 Å². The van der Waals surface area contributed by atoms with Crippen LogP contribution in [0.5, 0.6) is 0 Å². The number of benzene rings is 1. The van der Waals surface area contributed by atoms with Crippen molar-refractivity contribution >= 4 is 29.4 Å². The number of ether oxygens (including phenoxy) is 1. The first-order valence-corrected chi connectivity index (χ1v) is 8.62. The number of carbonyl (C=O) groups excluding carboxylic acids is 4. The summed E-state index contributed by atoms with van der Waals surface area (Å²) in [7, 11) is 0. The van der Waals surface area contributed by atoms with Gasteiger partial charge in [-0.1, -0.05) is 19.1 Å². The number of esters is 1. The van der Waals surface area contributed by atoms with Gasteiger partial charge >= 0.3 is 5.97 Å². The van der Waals surface area contributed by atoms with Gasteiger partial charge in [-0.25, -0.2) is 4.79 Å². The van der Waals surface area contributed by atoms with Crippen molar-refractivity contribution in [2.45, 2.75) is 26.2 Å². The lowest BCUT2D eigenvalue weighted by Gasteiger charge is -2.18. The van der Waals surface area contributed by atoms with Crippen LogP contribution in [0, 0.1) is 0 Å². The van der Waals surface area contributed by atoms with Crippen LogP contribution in [0.4, 0.5) is 5.69 Å². The Hall–Kier alpha value is -2.90. The highest BCUT2D eigenvalue weighted by atomic mass is 16.5. The van der Waals surface area contributed by atoms with E-state index in [-0.39, 0.29) is 23.9 Å². The lowest BCUT2D eigenvalue weighted by Crippen LogP contribution is -2.39. The third kappa shape index (κ3) is 5.30. The molecule has 0 aromatic heterocycles. The molecule has 1 aliphatic heterocycles. The van der Waals surface area contributed by atoms with Crippen molar-refractivity contribution in [3.63, 3.8) is 0 Å². The Bertz CT molecular complexity index is 689. The third-order valence-corrected chi connectivity index (χ3v) is 3.84. The van der Waals surface area contributed by atoms with E-state index in [1.807, 2.05) is 6.92 Å². The van der Waals surface area contributed by atoms with Crippen molar-refractivity contribution < 1.29 is 23.9 Å². The first-order valence-electron chi connectivity index (χ1n) is 8.62. The number of nitrogens with one attached hydrogen (secondary N) is 2. The Morgan fingerprint density at radius 3 is 2.62 bits per heavy atom. The number of para-hydroxylation sites is 1. The van der Waals surface area contributed by atoms with Crippen molar-refractivity contribution in [3.05, 3.63) is 29.8 Å². The molecule has 1 saturated heterocycles. The summed E-state index contributed by atoms with van der Waals surface area (Å²) in [5.41, 5.74) is 0.718. The maximum Gasteiger partial charge on any atom is 0.340 e. The first-order chi connectivity index (χ1) is 12.5. The summed E-state index contributed by atoms with van der Waals surface area (Å²) in [5, 5.41) is 5.00. The Balaban J connectivity index is 1.87. The fraction of sp³-hybridized carbons (Fsp3) is 0.444. The van der Waals surface area contributed by atoms with Crippen LogP contribution in [0.3, 0.4) is 0 Å². The number of rotatable bonds is 8. The second-order valence-corrected chi connectivity index (χ2v) is 5.87. The van der Waals surface area contributed by atoms with Gasteiger partial charge in [0.15, 0.2) is 6.61 Å². The maximum atomic E-state index is 12.3. The van der Waals surface area contributed by atoms with Gasteiger partial charge in [-0.3, -0.25) is 14.4 Å². The molecular weight excluding hydrogens is 338 g/mol. The normalized spacial score (nSPS) is 13.4. The quantitative estimate of drug-likeness (QED) is 0.660. The van der Waals surface area contributed by atoms with E-state index in [1.165, 1.54) is 0 Å². The van der Waals surface area contributed by atoms with Crippen LogP contribution in [0.25, 0.3) is 0 Å². The number of carbonyl (C=O) groups is 4. The highest BCUT2D eigenvalue weighted by molar-refractivity contribution is 6.04. The van der Waals surface area contributed by atoms with E-state index in [9.17, 15) is 19.2 Å². The predicted molar refractivity (Wildman–Crippen MR) is 94.6 cm³/mol. The van der Waals surface area contributed by atoms with Crippen LogP contribution in [0.2, 0.25) is 0 Å². The molecule has 0 radical (unpaired) electrons. The molecule has 140 valence electrons. The molecular formula is C18H23N3O5. The minimum atomic E-state index is -0.689. The predicted octanol–water partition coefficient (Wildman–Crippen LogP) is 0.613. The Labute approximate surface area is 151 Å². The molecule has 26 heavy (non-hydrogen) atoms. The molecule has 8 heteroatoms. The topological polar surface area (TPSA) is 105 Å². The summed E-state index contributed by atoms with van der Waals surface area (Å²) in [6.07, 6.45) is 1.99. The minimum absolute atomic E-state index is 0.0407. The van der Waals surface area contributed by atoms with E-state index < -0.39 is 18.5 Å². The zero-order valence-corrected chi connectivity index (χ0v) is 14.7. The van der Waals surface area contributed by atoms with Gasteiger partial charge < -0.3 is 20.3 Å². The summed E-state index contributed by atoms with van der Waals surface area (Å²) >= 11 is 0. The summed E-state index contributed by atoms with van der Waals surface area (Å²) in [5.74, 6) is -1.60. The van der Waals surface area contributed by atoms with Crippen LogP contribution in [-0.2, 0) is 19.1 Å². The van der Waals surface area contributed by atoms with Crippen molar-refractivity contribution in [1.29, 1.82) is 0 Å². The van der Waals surface area contributed by atoms with Crippen LogP contribution in [0.15, 0.2) is 24.3 Å². The molecule has 1 heterocycles. The number of anilines is 1. The van der Waals surface area contributed by atoms with E-state index in [4.69, 9.17) is 4.74 Å². The SMILES string of the molecule is CCCNC(=O)CNC(=O)COC(=O)c1ccccc1N1CCCC1=O. The Morgan fingerprint density at radius 2 is 1.92 bits per heavy atom. The summed E-state index contributed by atoms with van der Waals surface area (Å²) in [4.78, 5) is 48.9. The fourth-order valence-corrected chi connectivity index (χ4v) is 2.55. The van der Waals surface area contributed by atoms with Crippen molar-refractivity contribution in [2.75, 3.05) is 31.1 Å². The van der Waals surface area contributed by atoms with E-state index >= 15 is 0 Å². The highest BCUT2D eigenvalue weighted by Crippen LogP contribution is 2.25. The van der Waals surface area contributed by atoms with Crippen molar-refractivity contribution in [3.8, 4) is 0 Å². The average molecular weight is 361 g/mol. The van der Waals surface area contributed by atoms with Gasteiger partial charge in [0.05, 0.1) is 17.8 Å². The second kappa shape index (κ2) is 9.55. The van der Waals surface area contributed by atoms with Gasteiger partial charge in [0.25, 0.3) is 5.91 Å². The van der Waals surface area contributed by atoms with Crippen LogP contribution >= 0.6 is 0 Å². The van der Waals surface area contributed by atoms with E-state index in [0.717, 1.165) is 12.8 Å². The molecule has 8 nitrogen and oxygen atoms in total. The maximum absolute atomic E-state index is 12.3. The number of nitrogens with zero attached hydrogens (tertiary/aromatic N) is 1. The van der Waals surface area contributed by atoms with Gasteiger partial charge in [0.1, 0.15) is 0 Å². The van der Waals surface area contributed by atoms with E-state index in [1.54, 1.807) is 29.2 Å². The Kier molecular flexibility index (Phi) is 7.13. The summed E-state index contributed by atoms with van der Waals surface area (Å²) < 4.78 is 5.02. The van der Waals surface area contributed by atoms with Crippen LogP contribution < -0.4 is 15.5 Å². The number of hydrogen-bond donors (Lipinski definition) is 2. The summed E-state index contributed by atoms with van der Waals surface area (Å²) in [6.45, 7) is 2.34. The van der Waals surface area contributed by atoms with Gasteiger partial charge in [0, 0.05) is 19.5 Å². The molecule has 0 saturated carbocycles. The standard InChI is InChI=1S/C18H23N3O5/c1-2-9-19-15(22)11-20-16(23)12-26-18(25)13-6-3-4-7-14(13)21-10-5-8-17(21)24/h3-4,6-7H,2,5,8-12H2,1H3,(H,19,22)(H,20,23). The van der Waals surface area contributed by atoms with Gasteiger partial charge in [-0.05, 0) is 25.0 Å². The zero-order chi connectivity index (χ0) is 18.9. The molecule has 1 aliphatic rings. The lowest BCUT2D eigenvalue weighted by atomic mass is 10.1. The molecule has 3 amide bonds. The second-order valence-electron chi connectivity index (χ2n) is 5.87. The molecule has 1 aromatic rings. The first kappa shape index (κ1) is 19.4. The van der Waals surface area contributed by atoms with Gasteiger partial charge in [-0.15, -0.1) is 0 Å². The van der Waals surface area contributed by atoms with Crippen LogP contribution in [-0.4, -0.2) is 49.9 Å². The average Bonchev–Trinajstić information content (AvgIpc) is 3.08. The Morgan fingerprint density at radius 1 is 1.15 bits per heavy atom. The summed E-state index contributed by atoms with van der Waals surface area (Å²) in [6, 6.07) is 6.63. The van der Waals surface area contributed by atoms with E-state index in [2.05, 4.69) is 10.6 Å². The third-order valence-electron chi connectivity index (χ3n) is 3.84. The lowest BCUT2D eigenvalue weighted by molar-refractivity contribution is -0.127. The zero-order valence-electron chi connectivity index (χ0n) is 14.7. The molecule has 0 atom stereocenters. The number of hydrogen-bond acceptors (Lipinski definition) is 5. The molecule has 1 fully saturated rings. The van der Waals surface area contributed by atoms with Crippen LogP contribution in [0.1, 0.15) is 36.5 Å². The molecule has 2 rings (SSSR count). The van der Waals surface area contributed by atoms with Gasteiger partial charge in [0.2, 0.25) is 11.8 Å². The highest BCUT2D eigenvalue weighted by Gasteiger charge is 2.26. The molecule has 0 aliphatic carbocycles. The fourth-order valence-electron chi connectivity index (χ4n) is 2.55. The smallest absolute Gasteiger partial charge is 0.340 e. The van der Waals surface area contributed by atoms with Crippen molar-refractivity contribution in [1.82, 2.24) is 10.6 Å².